The van der Waals surface area contributed by atoms with Gasteiger partial charge in [-0.25, -0.2) is 0 Å². The molecule has 4 rings (SSSR count). The van der Waals surface area contributed by atoms with E-state index < -0.39 is 0 Å². The number of amides is 3. The fourth-order valence-electron chi connectivity index (χ4n) is 3.48. The average molecular weight is 383 g/mol. The van der Waals surface area contributed by atoms with Crippen LogP contribution in [0.2, 0.25) is 0 Å². The number of piperazine rings is 1. The van der Waals surface area contributed by atoms with Crippen LogP contribution in [0.3, 0.4) is 0 Å². The lowest BCUT2D eigenvalue weighted by atomic mass is 10.2. The fraction of sp³-hybridized carbons (Fsp3) is 0.350. The molecule has 1 aromatic carbocycles. The molecule has 1 aromatic heterocycles. The molecule has 3 heterocycles. The van der Waals surface area contributed by atoms with Crippen molar-refractivity contribution in [3.8, 4) is 5.75 Å². The van der Waals surface area contributed by atoms with Gasteiger partial charge in [-0.15, -0.1) is 0 Å². The summed E-state index contributed by atoms with van der Waals surface area (Å²) in [6.07, 6.45) is 1.70. The third-order valence-corrected chi connectivity index (χ3v) is 5.01. The molecule has 2 aliphatic heterocycles. The van der Waals surface area contributed by atoms with Crippen molar-refractivity contribution in [2.24, 2.45) is 0 Å². The highest BCUT2D eigenvalue weighted by atomic mass is 16.5. The number of para-hydroxylation sites is 2. The lowest BCUT2D eigenvalue weighted by Crippen LogP contribution is -2.51. The molecule has 2 aromatic rings. The Labute approximate surface area is 162 Å². The average Bonchev–Trinajstić information content (AvgIpc) is 3.27. The number of carbonyl (C=O) groups is 3. The summed E-state index contributed by atoms with van der Waals surface area (Å²) in [5.41, 5.74) is 0.695. The molecule has 0 bridgehead atoms. The molecule has 1 fully saturated rings. The van der Waals surface area contributed by atoms with Crippen LogP contribution in [0.1, 0.15) is 17.0 Å². The normalized spacial score (nSPS) is 16.6. The van der Waals surface area contributed by atoms with Crippen molar-refractivity contribution in [3.63, 3.8) is 0 Å². The highest BCUT2D eigenvalue weighted by Crippen LogP contribution is 2.31. The first kappa shape index (κ1) is 18.1. The monoisotopic (exact) mass is 383 g/mol. The van der Waals surface area contributed by atoms with Gasteiger partial charge in [0.1, 0.15) is 5.75 Å². The number of furan rings is 1. The molecule has 1 saturated heterocycles. The largest absolute Gasteiger partial charge is 0.482 e. The first-order valence-corrected chi connectivity index (χ1v) is 9.26. The molecule has 0 N–H and O–H groups in total. The Kier molecular flexibility index (Phi) is 5.01. The second-order valence-corrected chi connectivity index (χ2v) is 6.70. The van der Waals surface area contributed by atoms with E-state index in [1.807, 2.05) is 24.3 Å². The minimum absolute atomic E-state index is 0.0151. The van der Waals surface area contributed by atoms with E-state index >= 15 is 0 Å². The van der Waals surface area contributed by atoms with Gasteiger partial charge in [0.2, 0.25) is 5.91 Å². The molecule has 2 aliphatic rings. The van der Waals surface area contributed by atoms with Crippen LogP contribution in [0.4, 0.5) is 5.69 Å². The van der Waals surface area contributed by atoms with Crippen molar-refractivity contribution >= 4 is 23.4 Å². The van der Waals surface area contributed by atoms with Crippen LogP contribution in [0.25, 0.3) is 0 Å². The Morgan fingerprint density at radius 1 is 0.964 bits per heavy atom. The van der Waals surface area contributed by atoms with E-state index in [9.17, 15) is 14.4 Å². The zero-order valence-electron chi connectivity index (χ0n) is 15.4. The fourth-order valence-corrected chi connectivity index (χ4v) is 3.48. The van der Waals surface area contributed by atoms with E-state index in [0.29, 0.717) is 49.9 Å². The molecule has 0 radical (unpaired) electrons. The van der Waals surface area contributed by atoms with Crippen LogP contribution in [-0.2, 0) is 9.59 Å². The standard InChI is InChI=1S/C20H21N3O5/c24-18(7-8-23-15-4-1-2-5-16(15)28-14-19(23)25)21-9-11-22(12-10-21)20(26)17-6-3-13-27-17/h1-6,13H,7-12,14H2. The molecule has 8 heteroatoms. The van der Waals surface area contributed by atoms with Gasteiger partial charge in [-0.1, -0.05) is 12.1 Å². The first-order chi connectivity index (χ1) is 13.6. The van der Waals surface area contributed by atoms with Crippen molar-refractivity contribution in [1.29, 1.82) is 0 Å². The smallest absolute Gasteiger partial charge is 0.289 e. The third kappa shape index (κ3) is 3.58. The van der Waals surface area contributed by atoms with Crippen LogP contribution in [-0.4, -0.2) is 66.9 Å². The Bertz CT molecular complexity index is 872. The van der Waals surface area contributed by atoms with Gasteiger partial charge >= 0.3 is 0 Å². The van der Waals surface area contributed by atoms with Crippen molar-refractivity contribution in [1.82, 2.24) is 9.80 Å². The molecule has 0 atom stereocenters. The number of nitrogens with zero attached hydrogens (tertiary/aromatic N) is 3. The summed E-state index contributed by atoms with van der Waals surface area (Å²) in [4.78, 5) is 42.1. The molecule has 0 unspecified atom stereocenters. The van der Waals surface area contributed by atoms with Crippen LogP contribution in [0.5, 0.6) is 5.75 Å². The van der Waals surface area contributed by atoms with Crippen LogP contribution < -0.4 is 9.64 Å². The number of hydrogen-bond donors (Lipinski definition) is 0. The van der Waals surface area contributed by atoms with Crippen LogP contribution >= 0.6 is 0 Å². The molecule has 8 nitrogen and oxygen atoms in total. The van der Waals surface area contributed by atoms with Crippen molar-refractivity contribution < 1.29 is 23.5 Å². The Morgan fingerprint density at radius 2 is 1.71 bits per heavy atom. The van der Waals surface area contributed by atoms with Gasteiger partial charge < -0.3 is 23.9 Å². The second kappa shape index (κ2) is 7.75. The van der Waals surface area contributed by atoms with Gasteiger partial charge in [-0.2, -0.15) is 0 Å². The van der Waals surface area contributed by atoms with Crippen molar-refractivity contribution in [2.75, 3.05) is 44.2 Å². The highest BCUT2D eigenvalue weighted by molar-refractivity contribution is 5.98. The lowest BCUT2D eigenvalue weighted by Gasteiger charge is -2.35. The van der Waals surface area contributed by atoms with E-state index in [0.717, 1.165) is 0 Å². The Morgan fingerprint density at radius 3 is 2.46 bits per heavy atom. The summed E-state index contributed by atoms with van der Waals surface area (Å²) in [6.45, 7) is 2.16. The van der Waals surface area contributed by atoms with E-state index in [4.69, 9.17) is 9.15 Å². The second-order valence-electron chi connectivity index (χ2n) is 6.70. The van der Waals surface area contributed by atoms with Crippen molar-refractivity contribution in [2.45, 2.75) is 6.42 Å². The van der Waals surface area contributed by atoms with Crippen LogP contribution in [0.15, 0.2) is 47.1 Å². The molecule has 146 valence electrons. The predicted molar refractivity (Wildman–Crippen MR) is 100 cm³/mol. The number of ether oxygens (including phenoxy) is 1. The number of benzene rings is 1. The molecule has 0 saturated carbocycles. The van der Waals surface area contributed by atoms with Gasteiger partial charge in [0.25, 0.3) is 11.8 Å². The lowest BCUT2D eigenvalue weighted by molar-refractivity contribution is -0.132. The zero-order valence-corrected chi connectivity index (χ0v) is 15.4. The molecule has 0 aliphatic carbocycles. The molecule has 0 spiro atoms. The maximum absolute atomic E-state index is 12.6. The number of carbonyl (C=O) groups excluding carboxylic acids is 3. The number of fused-ring (bicyclic) bond motifs is 1. The highest BCUT2D eigenvalue weighted by Gasteiger charge is 2.28. The Balaban J connectivity index is 1.31. The Hall–Kier alpha value is -3.29. The summed E-state index contributed by atoms with van der Waals surface area (Å²) in [5, 5.41) is 0. The molecular weight excluding hydrogens is 362 g/mol. The zero-order chi connectivity index (χ0) is 19.5. The molecular formula is C20H21N3O5. The summed E-state index contributed by atoms with van der Waals surface area (Å²) < 4.78 is 10.6. The third-order valence-electron chi connectivity index (χ3n) is 5.01. The molecule has 28 heavy (non-hydrogen) atoms. The van der Waals surface area contributed by atoms with Gasteiger partial charge in [-0.3, -0.25) is 14.4 Å². The summed E-state index contributed by atoms with van der Waals surface area (Å²) in [6, 6.07) is 10.6. The number of anilines is 1. The SMILES string of the molecule is O=C(CCN1C(=O)COc2ccccc21)N1CCN(C(=O)c2ccco2)CC1. The quantitative estimate of drug-likeness (QED) is 0.797. The summed E-state index contributed by atoms with van der Waals surface area (Å²) in [7, 11) is 0. The van der Waals surface area contributed by atoms with Gasteiger partial charge in [0.15, 0.2) is 12.4 Å². The number of rotatable bonds is 4. The van der Waals surface area contributed by atoms with E-state index in [2.05, 4.69) is 0 Å². The van der Waals surface area contributed by atoms with Gasteiger partial charge in [-0.05, 0) is 24.3 Å². The maximum Gasteiger partial charge on any atom is 0.289 e. The van der Waals surface area contributed by atoms with E-state index in [1.54, 1.807) is 26.8 Å². The molecule has 3 amide bonds. The summed E-state index contributed by atoms with van der Waals surface area (Å²) in [5.74, 6) is 0.624. The first-order valence-electron chi connectivity index (χ1n) is 9.26. The van der Waals surface area contributed by atoms with Gasteiger partial charge in [0, 0.05) is 39.1 Å². The predicted octanol–water partition coefficient (Wildman–Crippen LogP) is 1.38. The van der Waals surface area contributed by atoms with Gasteiger partial charge in [0.05, 0.1) is 12.0 Å². The minimum atomic E-state index is -0.160. The maximum atomic E-state index is 12.6. The van der Waals surface area contributed by atoms with Crippen molar-refractivity contribution in [3.05, 3.63) is 48.4 Å². The van der Waals surface area contributed by atoms with E-state index in [1.165, 1.54) is 6.26 Å². The van der Waals surface area contributed by atoms with Crippen LogP contribution in [0, 0.1) is 0 Å². The van der Waals surface area contributed by atoms with E-state index in [-0.39, 0.29) is 30.7 Å². The topological polar surface area (TPSA) is 83.3 Å². The minimum Gasteiger partial charge on any atom is -0.482 e. The number of hydrogen-bond acceptors (Lipinski definition) is 5. The summed E-state index contributed by atoms with van der Waals surface area (Å²) >= 11 is 0.